The highest BCUT2D eigenvalue weighted by atomic mass is 16.5. The number of amides is 1. The van der Waals surface area contributed by atoms with Crippen molar-refractivity contribution in [3.63, 3.8) is 0 Å². The van der Waals surface area contributed by atoms with Crippen LogP contribution in [0.25, 0.3) is 0 Å². The number of phenolic OH excluding ortho intramolecular Hbond substituents is 1. The van der Waals surface area contributed by atoms with Gasteiger partial charge in [0.1, 0.15) is 5.75 Å². The average molecular weight is 237 g/mol. The molecule has 2 N–H and O–H groups in total. The van der Waals surface area contributed by atoms with E-state index in [1.807, 2.05) is 13.8 Å². The smallest absolute Gasteiger partial charge is 0.251 e. The average Bonchev–Trinajstić information content (AvgIpc) is 2.29. The lowest BCUT2D eigenvalue weighted by molar-refractivity contribution is 0.0871. The van der Waals surface area contributed by atoms with E-state index < -0.39 is 0 Å². The molecular formula is C13H19NO3. The molecule has 4 nitrogen and oxygen atoms in total. The van der Waals surface area contributed by atoms with Gasteiger partial charge in [-0.05, 0) is 32.9 Å². The first-order valence-electron chi connectivity index (χ1n) is 5.73. The third kappa shape index (κ3) is 3.75. The molecule has 0 radical (unpaired) electrons. The molecular weight excluding hydrogens is 218 g/mol. The van der Waals surface area contributed by atoms with Crippen LogP contribution in [0, 0.1) is 6.92 Å². The summed E-state index contributed by atoms with van der Waals surface area (Å²) >= 11 is 0. The van der Waals surface area contributed by atoms with Gasteiger partial charge in [0.25, 0.3) is 5.91 Å². The van der Waals surface area contributed by atoms with Crippen molar-refractivity contribution in [3.05, 3.63) is 29.3 Å². The highest BCUT2D eigenvalue weighted by Crippen LogP contribution is 2.19. The molecule has 0 aliphatic rings. The van der Waals surface area contributed by atoms with Crippen molar-refractivity contribution in [1.82, 2.24) is 5.32 Å². The zero-order valence-electron chi connectivity index (χ0n) is 10.5. The van der Waals surface area contributed by atoms with Crippen LogP contribution >= 0.6 is 0 Å². The van der Waals surface area contributed by atoms with E-state index in [4.69, 9.17) is 4.74 Å². The van der Waals surface area contributed by atoms with E-state index in [-0.39, 0.29) is 17.7 Å². The molecule has 0 bridgehead atoms. The number of hydrogen-bond acceptors (Lipinski definition) is 3. The van der Waals surface area contributed by atoms with Crippen molar-refractivity contribution >= 4 is 5.91 Å². The van der Waals surface area contributed by atoms with Gasteiger partial charge in [0, 0.05) is 23.8 Å². The number of rotatable bonds is 5. The molecule has 0 aliphatic heterocycles. The molecule has 0 saturated heterocycles. The maximum Gasteiger partial charge on any atom is 0.251 e. The summed E-state index contributed by atoms with van der Waals surface area (Å²) in [6.07, 6.45) is 0. The molecule has 0 aliphatic carbocycles. The minimum Gasteiger partial charge on any atom is -0.508 e. The van der Waals surface area contributed by atoms with E-state index in [9.17, 15) is 9.90 Å². The van der Waals surface area contributed by atoms with E-state index in [1.165, 1.54) is 0 Å². The Labute approximate surface area is 102 Å². The Balaban J connectivity index is 2.67. The molecule has 94 valence electrons. The molecule has 1 atom stereocenters. The predicted octanol–water partition coefficient (Wildman–Crippen LogP) is 1.86. The number of phenols is 1. The second-order valence-electron chi connectivity index (χ2n) is 3.98. The van der Waals surface area contributed by atoms with Gasteiger partial charge in [0.05, 0.1) is 6.61 Å². The van der Waals surface area contributed by atoms with Crippen LogP contribution in [0.4, 0.5) is 0 Å². The van der Waals surface area contributed by atoms with Crippen molar-refractivity contribution in [2.75, 3.05) is 13.2 Å². The maximum absolute atomic E-state index is 11.9. The summed E-state index contributed by atoms with van der Waals surface area (Å²) in [5.74, 6) is -0.0549. The van der Waals surface area contributed by atoms with Crippen LogP contribution in [-0.2, 0) is 4.74 Å². The van der Waals surface area contributed by atoms with Gasteiger partial charge in [-0.1, -0.05) is 6.07 Å². The fourth-order valence-electron chi connectivity index (χ4n) is 1.51. The zero-order chi connectivity index (χ0) is 12.8. The highest BCUT2D eigenvalue weighted by Gasteiger charge is 2.13. The Morgan fingerprint density at radius 1 is 1.53 bits per heavy atom. The molecule has 1 unspecified atom stereocenters. The fourth-order valence-corrected chi connectivity index (χ4v) is 1.51. The third-order valence-electron chi connectivity index (χ3n) is 2.50. The van der Waals surface area contributed by atoms with Gasteiger partial charge in [-0.3, -0.25) is 4.79 Å². The molecule has 1 rings (SSSR count). The third-order valence-corrected chi connectivity index (χ3v) is 2.50. The van der Waals surface area contributed by atoms with E-state index in [1.54, 1.807) is 25.1 Å². The number of nitrogens with one attached hydrogen (secondary N) is 1. The quantitative estimate of drug-likeness (QED) is 0.821. The topological polar surface area (TPSA) is 58.6 Å². The minimum absolute atomic E-state index is 0.0517. The Kier molecular flexibility index (Phi) is 4.97. The van der Waals surface area contributed by atoms with Gasteiger partial charge in [-0.25, -0.2) is 0 Å². The second-order valence-corrected chi connectivity index (χ2v) is 3.98. The van der Waals surface area contributed by atoms with Crippen LogP contribution in [0.5, 0.6) is 5.75 Å². The summed E-state index contributed by atoms with van der Waals surface area (Å²) in [5, 5.41) is 12.3. The summed E-state index contributed by atoms with van der Waals surface area (Å²) in [5.41, 5.74) is 1.09. The van der Waals surface area contributed by atoms with E-state index in [2.05, 4.69) is 5.32 Å². The van der Waals surface area contributed by atoms with Crippen molar-refractivity contribution in [2.45, 2.75) is 26.8 Å². The summed E-state index contributed by atoms with van der Waals surface area (Å²) < 4.78 is 5.22. The van der Waals surface area contributed by atoms with Gasteiger partial charge in [0.2, 0.25) is 0 Å². The standard InChI is InChI=1S/C13H19NO3/c1-4-17-8-9(2)14-13(16)11-6-5-7-12(15)10(11)3/h5-7,9,15H,4,8H2,1-3H3,(H,14,16). The Morgan fingerprint density at radius 3 is 2.88 bits per heavy atom. The highest BCUT2D eigenvalue weighted by molar-refractivity contribution is 5.96. The van der Waals surface area contributed by atoms with Crippen LogP contribution in [-0.4, -0.2) is 30.3 Å². The molecule has 1 aromatic rings. The molecule has 1 aromatic carbocycles. The number of carbonyl (C=O) groups excluding carboxylic acids is 1. The predicted molar refractivity (Wildman–Crippen MR) is 66.3 cm³/mol. The van der Waals surface area contributed by atoms with E-state index in [0.29, 0.717) is 24.3 Å². The van der Waals surface area contributed by atoms with Gasteiger partial charge >= 0.3 is 0 Å². The van der Waals surface area contributed by atoms with E-state index >= 15 is 0 Å². The molecule has 0 saturated carbocycles. The Hall–Kier alpha value is -1.55. The molecule has 0 fully saturated rings. The summed E-state index contributed by atoms with van der Waals surface area (Å²) in [6.45, 7) is 6.63. The number of carbonyl (C=O) groups is 1. The molecule has 0 spiro atoms. The maximum atomic E-state index is 11.9. The van der Waals surface area contributed by atoms with Crippen molar-refractivity contribution < 1.29 is 14.6 Å². The minimum atomic E-state index is -0.189. The molecule has 0 aromatic heterocycles. The van der Waals surface area contributed by atoms with Gasteiger partial charge < -0.3 is 15.2 Å². The lowest BCUT2D eigenvalue weighted by atomic mass is 10.1. The van der Waals surface area contributed by atoms with Crippen LogP contribution in [0.1, 0.15) is 29.8 Å². The summed E-state index contributed by atoms with van der Waals surface area (Å²) in [4.78, 5) is 11.9. The van der Waals surface area contributed by atoms with Gasteiger partial charge in [-0.2, -0.15) is 0 Å². The van der Waals surface area contributed by atoms with Crippen LogP contribution in [0.3, 0.4) is 0 Å². The van der Waals surface area contributed by atoms with Gasteiger partial charge in [0.15, 0.2) is 0 Å². The fraction of sp³-hybridized carbons (Fsp3) is 0.462. The first-order chi connectivity index (χ1) is 8.06. The second kappa shape index (κ2) is 6.25. The number of ether oxygens (including phenoxy) is 1. The first-order valence-corrected chi connectivity index (χ1v) is 5.73. The Bertz CT molecular complexity index is 390. The molecule has 4 heteroatoms. The normalized spacial score (nSPS) is 12.2. The SMILES string of the molecule is CCOCC(C)NC(=O)c1cccc(O)c1C. The number of hydrogen-bond donors (Lipinski definition) is 2. The molecule has 0 heterocycles. The van der Waals surface area contributed by atoms with Crippen LogP contribution < -0.4 is 5.32 Å². The monoisotopic (exact) mass is 237 g/mol. The van der Waals surface area contributed by atoms with Crippen LogP contribution in [0.2, 0.25) is 0 Å². The van der Waals surface area contributed by atoms with Crippen LogP contribution in [0.15, 0.2) is 18.2 Å². The summed E-state index contributed by atoms with van der Waals surface area (Å²) in [6, 6.07) is 4.86. The largest absolute Gasteiger partial charge is 0.508 e. The number of benzene rings is 1. The lowest BCUT2D eigenvalue weighted by Crippen LogP contribution is -2.36. The molecule has 1 amide bonds. The van der Waals surface area contributed by atoms with Crippen molar-refractivity contribution in [1.29, 1.82) is 0 Å². The summed E-state index contributed by atoms with van der Waals surface area (Å²) in [7, 11) is 0. The number of aromatic hydroxyl groups is 1. The lowest BCUT2D eigenvalue weighted by Gasteiger charge is -2.14. The van der Waals surface area contributed by atoms with Crippen molar-refractivity contribution in [2.24, 2.45) is 0 Å². The van der Waals surface area contributed by atoms with Crippen molar-refractivity contribution in [3.8, 4) is 5.75 Å². The van der Waals surface area contributed by atoms with E-state index in [0.717, 1.165) is 0 Å². The zero-order valence-corrected chi connectivity index (χ0v) is 10.5. The first kappa shape index (κ1) is 13.5. The Morgan fingerprint density at radius 2 is 2.24 bits per heavy atom. The van der Waals surface area contributed by atoms with Gasteiger partial charge in [-0.15, -0.1) is 0 Å². The molecule has 17 heavy (non-hydrogen) atoms.